The van der Waals surface area contributed by atoms with Crippen molar-refractivity contribution < 1.29 is 36.6 Å². The minimum Gasteiger partial charge on any atom is -1.00 e. The summed E-state index contributed by atoms with van der Waals surface area (Å²) >= 11 is 0. The smallest absolute Gasteiger partial charge is 0.0675 e. The molecule has 0 radical (unpaired) electrons. The van der Waals surface area contributed by atoms with Crippen molar-refractivity contribution in [2.75, 3.05) is 28.2 Å². The molecular formula is C4H22FNO5. The summed E-state index contributed by atoms with van der Waals surface area (Å²) < 4.78 is 1.00. The molecule has 0 aromatic heterocycles. The first-order valence-electron chi connectivity index (χ1n) is 1.79. The minimum atomic E-state index is 0. The highest BCUT2D eigenvalue weighted by atomic mass is 19.0. The van der Waals surface area contributed by atoms with Crippen molar-refractivity contribution >= 4 is 0 Å². The molecule has 0 aliphatic carbocycles. The fourth-order valence-electron chi connectivity index (χ4n) is 0. The number of quaternary nitrogens is 1. The normalized spacial score (nSPS) is 5.45. The van der Waals surface area contributed by atoms with Crippen molar-refractivity contribution in [1.82, 2.24) is 0 Å². The molecule has 0 aliphatic rings. The molecule has 80 valence electrons. The predicted octanol–water partition coefficient (Wildman–Crippen LogP) is -6.80. The van der Waals surface area contributed by atoms with Gasteiger partial charge in [-0.05, 0) is 0 Å². The molecule has 0 saturated carbocycles. The van der Waals surface area contributed by atoms with Crippen molar-refractivity contribution in [3.63, 3.8) is 0 Å². The van der Waals surface area contributed by atoms with Crippen LogP contribution in [0.2, 0.25) is 0 Å². The maximum atomic E-state index is 2.12. The summed E-state index contributed by atoms with van der Waals surface area (Å²) in [6, 6.07) is 0. The van der Waals surface area contributed by atoms with Gasteiger partial charge in [-0.1, -0.05) is 0 Å². The van der Waals surface area contributed by atoms with Crippen LogP contribution in [-0.2, 0) is 0 Å². The average Bonchev–Trinajstić information content (AvgIpc) is 0.722. The van der Waals surface area contributed by atoms with E-state index in [4.69, 9.17) is 0 Å². The van der Waals surface area contributed by atoms with Gasteiger partial charge in [0.05, 0.1) is 28.2 Å². The van der Waals surface area contributed by atoms with Crippen molar-refractivity contribution in [2.24, 2.45) is 0 Å². The number of rotatable bonds is 0. The van der Waals surface area contributed by atoms with Crippen LogP contribution in [0.1, 0.15) is 0 Å². The van der Waals surface area contributed by atoms with Gasteiger partial charge in [-0.15, -0.1) is 0 Å². The van der Waals surface area contributed by atoms with Gasteiger partial charge in [-0.2, -0.15) is 0 Å². The number of halogens is 1. The quantitative estimate of drug-likeness (QED) is 0.327. The van der Waals surface area contributed by atoms with E-state index >= 15 is 0 Å². The van der Waals surface area contributed by atoms with Gasteiger partial charge in [-0.3, -0.25) is 0 Å². The van der Waals surface area contributed by atoms with Crippen molar-refractivity contribution in [2.45, 2.75) is 0 Å². The second-order valence-corrected chi connectivity index (χ2v) is 2.68. The topological polar surface area (TPSA) is 158 Å². The summed E-state index contributed by atoms with van der Waals surface area (Å²) in [4.78, 5) is 0. The Bertz CT molecular complexity index is 34.0. The van der Waals surface area contributed by atoms with Crippen LogP contribution in [0.5, 0.6) is 0 Å². The standard InChI is InChI=1S/C4H12N.FH.5H2O/c1-5(2,3)4;;;;;;/h1-4H3;1H;5*1H2/q+1;;;;;;/p-1. The van der Waals surface area contributed by atoms with Gasteiger partial charge >= 0.3 is 0 Å². The maximum absolute atomic E-state index is 2.12. The van der Waals surface area contributed by atoms with E-state index in [9.17, 15) is 0 Å². The summed E-state index contributed by atoms with van der Waals surface area (Å²) in [5, 5.41) is 0. The van der Waals surface area contributed by atoms with E-state index in [0.717, 1.165) is 4.48 Å². The zero-order valence-electron chi connectivity index (χ0n) is 7.33. The Kier molecular flexibility index (Phi) is 151. The first kappa shape index (κ1) is 73.7. The van der Waals surface area contributed by atoms with Gasteiger partial charge in [0.2, 0.25) is 0 Å². The highest BCUT2D eigenvalue weighted by Crippen LogP contribution is 1.73. The van der Waals surface area contributed by atoms with E-state index in [1.807, 2.05) is 0 Å². The summed E-state index contributed by atoms with van der Waals surface area (Å²) in [5.41, 5.74) is 0. The molecule has 0 amide bonds. The maximum Gasteiger partial charge on any atom is 0.0675 e. The van der Waals surface area contributed by atoms with E-state index in [1.54, 1.807) is 0 Å². The molecule has 0 spiro atoms. The molecule has 0 heterocycles. The Morgan fingerprint density at radius 3 is 0.545 bits per heavy atom. The number of hydrogen-bond acceptors (Lipinski definition) is 0. The second kappa shape index (κ2) is 22.6. The first-order chi connectivity index (χ1) is 2.00. The largest absolute Gasteiger partial charge is 1.00 e. The number of nitrogens with zero attached hydrogens (tertiary/aromatic N) is 1. The Hall–Kier alpha value is -0.310. The predicted molar refractivity (Wildman–Crippen MR) is 42.0 cm³/mol. The highest BCUT2D eigenvalue weighted by Gasteiger charge is 1.88. The lowest BCUT2D eigenvalue weighted by atomic mass is 10.8. The van der Waals surface area contributed by atoms with E-state index in [2.05, 4.69) is 28.2 Å². The molecule has 0 saturated heterocycles. The van der Waals surface area contributed by atoms with Gasteiger partial charge in [0, 0.05) is 0 Å². The molecule has 0 unspecified atom stereocenters. The van der Waals surface area contributed by atoms with Crippen LogP contribution in [0.15, 0.2) is 0 Å². The van der Waals surface area contributed by atoms with Crippen LogP contribution < -0.4 is 4.70 Å². The Balaban J connectivity index is -0.00000000533. The minimum absolute atomic E-state index is 0. The fourth-order valence-corrected chi connectivity index (χ4v) is 0. The van der Waals surface area contributed by atoms with E-state index in [-0.39, 0.29) is 32.1 Å². The molecule has 10 N–H and O–H groups in total. The zero-order chi connectivity index (χ0) is 4.50. The molecule has 0 atom stereocenters. The first-order valence-corrected chi connectivity index (χ1v) is 1.79. The molecule has 0 aromatic carbocycles. The van der Waals surface area contributed by atoms with E-state index < -0.39 is 0 Å². The van der Waals surface area contributed by atoms with Crippen LogP contribution in [0.3, 0.4) is 0 Å². The van der Waals surface area contributed by atoms with Crippen molar-refractivity contribution in [1.29, 1.82) is 0 Å². The van der Waals surface area contributed by atoms with Gasteiger partial charge < -0.3 is 36.6 Å². The summed E-state index contributed by atoms with van der Waals surface area (Å²) in [6.45, 7) is 0. The summed E-state index contributed by atoms with van der Waals surface area (Å²) in [7, 11) is 8.50. The van der Waals surface area contributed by atoms with Crippen LogP contribution in [0.4, 0.5) is 0 Å². The molecular weight excluding hydrogens is 161 g/mol. The molecule has 0 aromatic rings. The van der Waals surface area contributed by atoms with Crippen LogP contribution in [0.25, 0.3) is 0 Å². The van der Waals surface area contributed by atoms with Gasteiger partial charge in [0.15, 0.2) is 0 Å². The molecule has 0 rings (SSSR count). The summed E-state index contributed by atoms with van der Waals surface area (Å²) in [6.07, 6.45) is 0. The highest BCUT2D eigenvalue weighted by molar-refractivity contribution is 3.87. The van der Waals surface area contributed by atoms with Crippen LogP contribution >= 0.6 is 0 Å². The van der Waals surface area contributed by atoms with E-state index in [1.165, 1.54) is 0 Å². The third-order valence-electron chi connectivity index (χ3n) is 0. The molecule has 6 nitrogen and oxygen atoms in total. The zero-order valence-corrected chi connectivity index (χ0v) is 7.33. The molecule has 0 fully saturated rings. The lowest BCUT2D eigenvalue weighted by Crippen LogP contribution is -3.00. The second-order valence-electron chi connectivity index (χ2n) is 2.68. The molecule has 7 heteroatoms. The Morgan fingerprint density at radius 1 is 0.545 bits per heavy atom. The molecule has 11 heavy (non-hydrogen) atoms. The van der Waals surface area contributed by atoms with Gasteiger partial charge in [0.25, 0.3) is 0 Å². The van der Waals surface area contributed by atoms with Crippen LogP contribution in [0, 0.1) is 0 Å². The monoisotopic (exact) mass is 183 g/mol. The van der Waals surface area contributed by atoms with Crippen molar-refractivity contribution in [3.05, 3.63) is 0 Å². The average molecular weight is 183 g/mol. The Morgan fingerprint density at radius 2 is 0.545 bits per heavy atom. The molecule has 0 bridgehead atoms. The van der Waals surface area contributed by atoms with Crippen molar-refractivity contribution in [3.8, 4) is 0 Å². The summed E-state index contributed by atoms with van der Waals surface area (Å²) in [5.74, 6) is 0. The van der Waals surface area contributed by atoms with E-state index in [0.29, 0.717) is 0 Å². The molecule has 0 aliphatic heterocycles. The number of hydrogen-bond donors (Lipinski definition) is 0. The van der Waals surface area contributed by atoms with Gasteiger partial charge in [-0.25, -0.2) is 0 Å². The van der Waals surface area contributed by atoms with Gasteiger partial charge in [0.1, 0.15) is 0 Å². The lowest BCUT2D eigenvalue weighted by Gasteiger charge is -2.14. The third kappa shape index (κ3) is 5960. The van der Waals surface area contributed by atoms with Crippen LogP contribution in [-0.4, -0.2) is 60.1 Å². The SMILES string of the molecule is C[N+](C)(C)C.O.O.O.O.O.[F-]. The Labute approximate surface area is 65.9 Å². The lowest BCUT2D eigenvalue weighted by molar-refractivity contribution is -0.849. The third-order valence-corrected chi connectivity index (χ3v) is 0. The fraction of sp³-hybridized carbons (Fsp3) is 1.00.